The lowest BCUT2D eigenvalue weighted by Crippen LogP contribution is -2.33. The second kappa shape index (κ2) is 9.45. The van der Waals surface area contributed by atoms with E-state index < -0.39 is 6.10 Å². The zero-order valence-electron chi connectivity index (χ0n) is 14.9. The Morgan fingerprint density at radius 1 is 1.00 bits per heavy atom. The molecular formula is C21H29NO2. The van der Waals surface area contributed by atoms with Gasteiger partial charge in [-0.1, -0.05) is 62.4 Å². The predicted octanol–water partition coefficient (Wildman–Crippen LogP) is 4.29. The van der Waals surface area contributed by atoms with Crippen LogP contribution in [0.5, 0.6) is 5.75 Å². The molecule has 0 saturated heterocycles. The molecule has 3 heteroatoms. The summed E-state index contributed by atoms with van der Waals surface area (Å²) in [5.74, 6) is 1.33. The van der Waals surface area contributed by atoms with Gasteiger partial charge in [0.15, 0.2) is 0 Å². The summed E-state index contributed by atoms with van der Waals surface area (Å²) in [4.78, 5) is 0. The molecule has 2 N–H and O–H groups in total. The van der Waals surface area contributed by atoms with Gasteiger partial charge in [0.25, 0.3) is 0 Å². The van der Waals surface area contributed by atoms with Gasteiger partial charge in [-0.15, -0.1) is 0 Å². The first kappa shape index (κ1) is 18.5. The molecule has 0 aliphatic rings. The van der Waals surface area contributed by atoms with E-state index in [0.29, 0.717) is 19.1 Å². The van der Waals surface area contributed by atoms with E-state index in [0.717, 1.165) is 12.2 Å². The summed E-state index contributed by atoms with van der Waals surface area (Å²) in [6, 6.07) is 18.5. The summed E-state index contributed by atoms with van der Waals surface area (Å²) in [5.41, 5.74) is 2.42. The third-order valence-corrected chi connectivity index (χ3v) is 4.45. The molecular weight excluding hydrogens is 298 g/mol. The van der Waals surface area contributed by atoms with Gasteiger partial charge in [-0.3, -0.25) is 0 Å². The Kier molecular flexibility index (Phi) is 7.29. The van der Waals surface area contributed by atoms with Crippen LogP contribution in [0.25, 0.3) is 0 Å². The van der Waals surface area contributed by atoms with Crippen molar-refractivity contribution in [3.05, 3.63) is 65.7 Å². The minimum absolute atomic E-state index is 0.202. The van der Waals surface area contributed by atoms with Gasteiger partial charge >= 0.3 is 0 Å². The number of nitrogens with one attached hydrogen (secondary N) is 1. The van der Waals surface area contributed by atoms with E-state index in [1.807, 2.05) is 36.4 Å². The highest BCUT2D eigenvalue weighted by Gasteiger charge is 2.12. The van der Waals surface area contributed by atoms with Gasteiger partial charge < -0.3 is 15.2 Å². The van der Waals surface area contributed by atoms with Crippen LogP contribution in [0, 0.1) is 0 Å². The van der Waals surface area contributed by atoms with E-state index in [1.54, 1.807) is 0 Å². The fourth-order valence-electron chi connectivity index (χ4n) is 2.66. The molecule has 0 aromatic heterocycles. The van der Waals surface area contributed by atoms with E-state index in [1.165, 1.54) is 11.1 Å². The van der Waals surface area contributed by atoms with Gasteiger partial charge in [-0.25, -0.2) is 0 Å². The molecule has 0 saturated carbocycles. The van der Waals surface area contributed by atoms with Crippen molar-refractivity contribution in [2.45, 2.75) is 45.3 Å². The number of benzene rings is 2. The molecule has 0 bridgehead atoms. The molecule has 2 rings (SSSR count). The Morgan fingerprint density at radius 2 is 1.67 bits per heavy atom. The minimum atomic E-state index is -0.541. The summed E-state index contributed by atoms with van der Waals surface area (Å²) < 4.78 is 5.87. The lowest BCUT2D eigenvalue weighted by atomic mass is 9.98. The van der Waals surface area contributed by atoms with Gasteiger partial charge in [0.05, 0.1) is 0 Å². The van der Waals surface area contributed by atoms with E-state index in [4.69, 9.17) is 4.74 Å². The van der Waals surface area contributed by atoms with Gasteiger partial charge in [-0.05, 0) is 36.5 Å². The zero-order chi connectivity index (χ0) is 17.4. The number of ether oxygens (including phenoxy) is 1. The van der Waals surface area contributed by atoms with Gasteiger partial charge in [0.1, 0.15) is 18.5 Å². The normalized spacial score (nSPS) is 14.8. The average molecular weight is 327 g/mol. The van der Waals surface area contributed by atoms with Crippen molar-refractivity contribution in [1.29, 1.82) is 0 Å². The summed E-state index contributed by atoms with van der Waals surface area (Å²) in [6.45, 7) is 7.26. The molecule has 2 aromatic rings. The molecule has 0 fully saturated rings. The highest BCUT2D eigenvalue weighted by molar-refractivity contribution is 5.35. The van der Waals surface area contributed by atoms with Gasteiger partial charge in [0, 0.05) is 12.6 Å². The van der Waals surface area contributed by atoms with Crippen molar-refractivity contribution in [2.75, 3.05) is 13.2 Å². The highest BCUT2D eigenvalue weighted by Crippen LogP contribution is 2.28. The Morgan fingerprint density at radius 3 is 2.38 bits per heavy atom. The zero-order valence-corrected chi connectivity index (χ0v) is 14.9. The van der Waals surface area contributed by atoms with Crippen LogP contribution in [0.1, 0.15) is 50.3 Å². The quantitative estimate of drug-likeness (QED) is 0.722. The topological polar surface area (TPSA) is 41.5 Å². The Bertz CT molecular complexity index is 600. The van der Waals surface area contributed by atoms with Crippen LogP contribution in [0.3, 0.4) is 0 Å². The number of aliphatic hydroxyl groups is 1. The maximum Gasteiger partial charge on any atom is 0.122 e. The SMILES string of the molecule is CC[C@H](C)c1ccccc1OC[C@@H](O)CN[C@@H](C)c1ccccc1. The number of hydrogen-bond acceptors (Lipinski definition) is 3. The van der Waals surface area contributed by atoms with Crippen molar-refractivity contribution in [3.8, 4) is 5.75 Å². The fourth-order valence-corrected chi connectivity index (χ4v) is 2.66. The molecule has 0 unspecified atom stereocenters. The molecule has 0 spiro atoms. The Hall–Kier alpha value is -1.84. The van der Waals surface area contributed by atoms with Crippen LogP contribution < -0.4 is 10.1 Å². The van der Waals surface area contributed by atoms with Crippen LogP contribution in [0.15, 0.2) is 54.6 Å². The van der Waals surface area contributed by atoms with E-state index >= 15 is 0 Å². The lowest BCUT2D eigenvalue weighted by Gasteiger charge is -2.20. The first-order valence-electron chi connectivity index (χ1n) is 8.80. The van der Waals surface area contributed by atoms with Crippen LogP contribution in [-0.4, -0.2) is 24.4 Å². The summed E-state index contributed by atoms with van der Waals surface area (Å²) in [6.07, 6.45) is 0.528. The molecule has 0 heterocycles. The molecule has 2 aromatic carbocycles. The van der Waals surface area contributed by atoms with Crippen LogP contribution >= 0.6 is 0 Å². The summed E-state index contributed by atoms with van der Waals surface area (Å²) in [5, 5.41) is 13.6. The van der Waals surface area contributed by atoms with Crippen molar-refractivity contribution < 1.29 is 9.84 Å². The second-order valence-electron chi connectivity index (χ2n) is 6.35. The summed E-state index contributed by atoms with van der Waals surface area (Å²) in [7, 11) is 0. The molecule has 24 heavy (non-hydrogen) atoms. The monoisotopic (exact) mass is 327 g/mol. The van der Waals surface area contributed by atoms with E-state index in [2.05, 4.69) is 44.3 Å². The third-order valence-electron chi connectivity index (χ3n) is 4.45. The number of aliphatic hydroxyl groups excluding tert-OH is 1. The predicted molar refractivity (Wildman–Crippen MR) is 99.5 cm³/mol. The van der Waals surface area contributed by atoms with Crippen LogP contribution in [0.4, 0.5) is 0 Å². The largest absolute Gasteiger partial charge is 0.491 e. The first-order valence-corrected chi connectivity index (χ1v) is 8.80. The van der Waals surface area contributed by atoms with Crippen molar-refractivity contribution in [2.24, 2.45) is 0 Å². The molecule has 0 aliphatic carbocycles. The van der Waals surface area contributed by atoms with Crippen molar-refractivity contribution in [1.82, 2.24) is 5.32 Å². The van der Waals surface area contributed by atoms with Gasteiger partial charge in [0.2, 0.25) is 0 Å². The highest BCUT2D eigenvalue weighted by atomic mass is 16.5. The molecule has 130 valence electrons. The standard InChI is InChI=1S/C21H29NO2/c1-4-16(2)20-12-8-9-13-21(20)24-15-19(23)14-22-17(3)18-10-6-5-7-11-18/h5-13,16-17,19,22-23H,4,14-15H2,1-3H3/t16-,17-,19-/m0/s1. The third kappa shape index (κ3) is 5.36. The molecule has 0 aliphatic heterocycles. The minimum Gasteiger partial charge on any atom is -0.491 e. The molecule has 0 radical (unpaired) electrons. The van der Waals surface area contributed by atoms with E-state index in [-0.39, 0.29) is 6.04 Å². The molecule has 3 atom stereocenters. The second-order valence-corrected chi connectivity index (χ2v) is 6.35. The first-order chi connectivity index (χ1) is 11.6. The van der Waals surface area contributed by atoms with Crippen LogP contribution in [0.2, 0.25) is 0 Å². The Labute approximate surface area is 145 Å². The lowest BCUT2D eigenvalue weighted by molar-refractivity contribution is 0.103. The number of hydrogen-bond donors (Lipinski definition) is 2. The smallest absolute Gasteiger partial charge is 0.122 e. The maximum absolute atomic E-state index is 10.2. The van der Waals surface area contributed by atoms with Crippen molar-refractivity contribution in [3.63, 3.8) is 0 Å². The maximum atomic E-state index is 10.2. The van der Waals surface area contributed by atoms with Gasteiger partial charge in [-0.2, -0.15) is 0 Å². The molecule has 0 amide bonds. The average Bonchev–Trinajstić information content (AvgIpc) is 2.64. The summed E-state index contributed by atoms with van der Waals surface area (Å²) >= 11 is 0. The number of rotatable bonds is 9. The number of para-hydroxylation sites is 1. The van der Waals surface area contributed by atoms with Crippen LogP contribution in [-0.2, 0) is 0 Å². The van der Waals surface area contributed by atoms with Crippen molar-refractivity contribution >= 4 is 0 Å². The van der Waals surface area contributed by atoms with E-state index in [9.17, 15) is 5.11 Å². The molecule has 3 nitrogen and oxygen atoms in total. The Balaban J connectivity index is 1.82. The fraction of sp³-hybridized carbons (Fsp3) is 0.429.